The van der Waals surface area contributed by atoms with E-state index in [-0.39, 0.29) is 22.3 Å². The molecule has 3 N–H and O–H groups in total. The van der Waals surface area contributed by atoms with Gasteiger partial charge in [-0.15, -0.1) is 0 Å². The second-order valence-electron chi connectivity index (χ2n) is 6.58. The molecule has 6 nitrogen and oxygen atoms in total. The molecule has 0 radical (unpaired) electrons. The topological polar surface area (TPSA) is 97.8 Å². The normalized spacial score (nSPS) is 39.7. The minimum Gasteiger partial charge on any atom is -0.376 e. The molecule has 0 spiro atoms. The van der Waals surface area contributed by atoms with E-state index in [0.29, 0.717) is 17.5 Å². The molecule has 6 heteroatoms. The second kappa shape index (κ2) is 3.71. The minimum absolute atomic E-state index is 0.0254. The average Bonchev–Trinajstić information content (AvgIpc) is 2.69. The van der Waals surface area contributed by atoms with Crippen LogP contribution >= 0.6 is 0 Å². The molecule has 4 aliphatic carbocycles. The molecule has 0 atom stereocenters. The number of nitrogen functional groups attached to an aromatic ring is 1. The fourth-order valence-corrected chi connectivity index (χ4v) is 5.19. The number of hydrogen-bond donors (Lipinski definition) is 2. The van der Waals surface area contributed by atoms with Crippen molar-refractivity contribution in [2.75, 3.05) is 5.73 Å². The molecule has 0 aromatic carbocycles. The van der Waals surface area contributed by atoms with Gasteiger partial charge >= 0.3 is 5.69 Å². The average molecular weight is 262 g/mol. The Morgan fingerprint density at radius 2 is 1.74 bits per heavy atom. The van der Waals surface area contributed by atoms with Gasteiger partial charge in [-0.1, -0.05) is 0 Å². The Balaban J connectivity index is 1.75. The number of nitrogens with two attached hydrogens (primary N) is 1. The summed E-state index contributed by atoms with van der Waals surface area (Å²) in [5, 5.41) is 18.0. The van der Waals surface area contributed by atoms with Crippen molar-refractivity contribution in [3.63, 3.8) is 0 Å². The lowest BCUT2D eigenvalue weighted by Gasteiger charge is -2.53. The molecule has 1 heterocycles. The van der Waals surface area contributed by atoms with Gasteiger partial charge < -0.3 is 5.73 Å². The van der Waals surface area contributed by atoms with Gasteiger partial charge in [-0.3, -0.25) is 15.2 Å². The van der Waals surface area contributed by atoms with Crippen LogP contribution in [0.1, 0.15) is 43.7 Å². The van der Waals surface area contributed by atoms with Crippen molar-refractivity contribution >= 4 is 11.5 Å². The molecule has 4 aliphatic rings. The van der Waals surface area contributed by atoms with E-state index in [0.717, 1.165) is 11.8 Å². The predicted molar refractivity (Wildman–Crippen MR) is 69.4 cm³/mol. The first-order valence-corrected chi connectivity index (χ1v) is 7.11. The number of aromatic nitrogens is 2. The standard InChI is InChI=1S/C13H18N4O2/c14-13-12(17(18)19)11(15-16-13)10-8-2-6-1-7(4-8)5-9(10)3-6/h6-10H,1-5H2,(H3,14,15,16). The quantitative estimate of drug-likeness (QED) is 0.631. The Bertz CT molecular complexity index is 511. The fraction of sp³-hybridized carbons (Fsp3) is 0.769. The van der Waals surface area contributed by atoms with Crippen molar-refractivity contribution in [1.29, 1.82) is 0 Å². The van der Waals surface area contributed by atoms with Crippen LogP contribution in [-0.4, -0.2) is 15.1 Å². The first-order chi connectivity index (χ1) is 9.13. The Labute approximate surface area is 110 Å². The zero-order chi connectivity index (χ0) is 13.1. The smallest absolute Gasteiger partial charge is 0.333 e. The number of nitrogens with zero attached hydrogens (tertiary/aromatic N) is 2. The summed E-state index contributed by atoms with van der Waals surface area (Å²) in [5.41, 5.74) is 6.37. The molecule has 1 aromatic rings. The van der Waals surface area contributed by atoms with E-state index in [1.54, 1.807) is 0 Å². The highest BCUT2D eigenvalue weighted by Crippen LogP contribution is 2.60. The monoisotopic (exact) mass is 262 g/mol. The molecule has 1 aromatic heterocycles. The number of nitrogens with one attached hydrogen (secondary N) is 1. The van der Waals surface area contributed by atoms with Crippen LogP contribution < -0.4 is 5.73 Å². The van der Waals surface area contributed by atoms with Gasteiger partial charge in [0.15, 0.2) is 0 Å². The van der Waals surface area contributed by atoms with Crippen LogP contribution in [-0.2, 0) is 0 Å². The Hall–Kier alpha value is -1.59. The van der Waals surface area contributed by atoms with Crippen molar-refractivity contribution in [3.8, 4) is 0 Å². The largest absolute Gasteiger partial charge is 0.376 e. The number of hydrogen-bond acceptors (Lipinski definition) is 4. The number of anilines is 1. The minimum atomic E-state index is -0.376. The number of H-pyrrole nitrogens is 1. The number of rotatable bonds is 2. The molecule has 5 rings (SSSR count). The van der Waals surface area contributed by atoms with Gasteiger partial charge in [0.2, 0.25) is 5.82 Å². The number of nitro groups is 1. The highest BCUT2D eigenvalue weighted by Gasteiger charge is 2.51. The summed E-state index contributed by atoms with van der Waals surface area (Å²) in [4.78, 5) is 10.8. The Morgan fingerprint density at radius 3 is 2.26 bits per heavy atom. The summed E-state index contributed by atoms with van der Waals surface area (Å²) in [6.45, 7) is 0. The van der Waals surface area contributed by atoms with E-state index in [9.17, 15) is 10.1 Å². The lowest BCUT2D eigenvalue weighted by Crippen LogP contribution is -2.44. The van der Waals surface area contributed by atoms with E-state index in [4.69, 9.17) is 5.73 Å². The van der Waals surface area contributed by atoms with E-state index < -0.39 is 0 Å². The van der Waals surface area contributed by atoms with Gasteiger partial charge in [0.25, 0.3) is 0 Å². The molecule has 4 fully saturated rings. The summed E-state index contributed by atoms with van der Waals surface area (Å²) >= 11 is 0. The predicted octanol–water partition coefficient (Wildman–Crippen LogP) is 2.44. The molecule has 0 amide bonds. The number of aromatic amines is 1. The zero-order valence-corrected chi connectivity index (χ0v) is 10.7. The van der Waals surface area contributed by atoms with Crippen LogP contribution in [0.25, 0.3) is 0 Å². The molecule has 4 bridgehead atoms. The first-order valence-electron chi connectivity index (χ1n) is 7.11. The lowest BCUT2D eigenvalue weighted by molar-refractivity contribution is -0.385. The molecule has 0 saturated heterocycles. The molecule has 0 unspecified atom stereocenters. The maximum atomic E-state index is 11.2. The van der Waals surface area contributed by atoms with Crippen LogP contribution in [0.5, 0.6) is 0 Å². The maximum Gasteiger partial charge on any atom is 0.333 e. The first kappa shape index (κ1) is 11.3. The third-order valence-corrected chi connectivity index (χ3v) is 5.54. The van der Waals surface area contributed by atoms with Gasteiger partial charge in [-0.2, -0.15) is 5.10 Å². The van der Waals surface area contributed by atoms with E-state index in [1.807, 2.05) is 0 Å². The second-order valence-corrected chi connectivity index (χ2v) is 6.58. The van der Waals surface area contributed by atoms with Crippen molar-refractivity contribution in [1.82, 2.24) is 10.2 Å². The van der Waals surface area contributed by atoms with Crippen molar-refractivity contribution in [3.05, 3.63) is 15.8 Å². The van der Waals surface area contributed by atoms with E-state index in [2.05, 4.69) is 10.2 Å². The lowest BCUT2D eigenvalue weighted by atomic mass is 9.51. The molecule has 4 saturated carbocycles. The van der Waals surface area contributed by atoms with Gasteiger partial charge in [0, 0.05) is 5.92 Å². The zero-order valence-electron chi connectivity index (χ0n) is 10.7. The van der Waals surface area contributed by atoms with Gasteiger partial charge in [-0.05, 0) is 55.8 Å². The van der Waals surface area contributed by atoms with E-state index >= 15 is 0 Å². The molecule has 0 aliphatic heterocycles. The highest BCUT2D eigenvalue weighted by molar-refractivity contribution is 5.56. The van der Waals surface area contributed by atoms with Crippen LogP contribution in [0.3, 0.4) is 0 Å². The molecular formula is C13H18N4O2. The summed E-state index contributed by atoms with van der Waals surface area (Å²) in [7, 11) is 0. The van der Waals surface area contributed by atoms with Gasteiger partial charge in [0.1, 0.15) is 5.69 Å². The molecule has 102 valence electrons. The van der Waals surface area contributed by atoms with Crippen LogP contribution in [0, 0.1) is 33.8 Å². The highest BCUT2D eigenvalue weighted by atomic mass is 16.6. The van der Waals surface area contributed by atoms with Gasteiger partial charge in [-0.25, -0.2) is 0 Å². The SMILES string of the molecule is Nc1n[nH]c(C2C3CC4CC(C3)CC2C4)c1[N+](=O)[O-]. The van der Waals surface area contributed by atoms with Crippen LogP contribution in [0.2, 0.25) is 0 Å². The van der Waals surface area contributed by atoms with Crippen molar-refractivity contribution in [2.24, 2.45) is 23.7 Å². The Kier molecular flexibility index (Phi) is 2.20. The Morgan fingerprint density at radius 1 is 1.16 bits per heavy atom. The van der Waals surface area contributed by atoms with Crippen molar-refractivity contribution in [2.45, 2.75) is 38.0 Å². The maximum absolute atomic E-state index is 11.2. The summed E-state index contributed by atoms with van der Waals surface area (Å²) in [6, 6.07) is 0. The summed E-state index contributed by atoms with van der Waals surface area (Å²) in [6.07, 6.45) is 6.30. The van der Waals surface area contributed by atoms with Gasteiger partial charge in [0.05, 0.1) is 4.92 Å². The molecular weight excluding hydrogens is 244 g/mol. The van der Waals surface area contributed by atoms with Crippen molar-refractivity contribution < 1.29 is 4.92 Å². The fourth-order valence-electron chi connectivity index (χ4n) is 5.19. The van der Waals surface area contributed by atoms with Crippen LogP contribution in [0.15, 0.2) is 0 Å². The summed E-state index contributed by atoms with van der Waals surface area (Å²) in [5.74, 6) is 3.22. The summed E-state index contributed by atoms with van der Waals surface area (Å²) < 4.78 is 0. The molecule has 19 heavy (non-hydrogen) atoms. The van der Waals surface area contributed by atoms with Crippen LogP contribution in [0.4, 0.5) is 11.5 Å². The third-order valence-electron chi connectivity index (χ3n) is 5.54. The third kappa shape index (κ3) is 1.52. The van der Waals surface area contributed by atoms with E-state index in [1.165, 1.54) is 32.1 Å².